The van der Waals surface area contributed by atoms with Gasteiger partial charge in [0.2, 0.25) is 0 Å². The first-order valence-corrected chi connectivity index (χ1v) is 12.9. The van der Waals surface area contributed by atoms with Gasteiger partial charge < -0.3 is 20.1 Å². The molecule has 5 heteroatoms. The topological polar surface area (TPSA) is 87.0 Å². The zero-order chi connectivity index (χ0) is 22.0. The van der Waals surface area contributed by atoms with Crippen LogP contribution < -0.4 is 0 Å². The average Bonchev–Trinajstić information content (AvgIpc) is 3.61. The fraction of sp³-hybridized carbons (Fsp3) is 0.962. The minimum Gasteiger partial charge on any atom is -0.466 e. The summed E-state index contributed by atoms with van der Waals surface area (Å²) in [6, 6.07) is 0. The van der Waals surface area contributed by atoms with Crippen molar-refractivity contribution >= 4 is 5.97 Å². The monoisotopic (exact) mass is 432 g/mol. The summed E-state index contributed by atoms with van der Waals surface area (Å²) in [6.45, 7) is 6.86. The molecule has 6 aliphatic rings. The van der Waals surface area contributed by atoms with Gasteiger partial charge in [0, 0.05) is 12.8 Å². The van der Waals surface area contributed by atoms with E-state index in [-0.39, 0.29) is 22.9 Å². The molecule has 0 radical (unpaired) electrons. The molecular formula is C26H40O5. The Morgan fingerprint density at radius 1 is 1.00 bits per heavy atom. The predicted octanol–water partition coefficient (Wildman–Crippen LogP) is 3.29. The van der Waals surface area contributed by atoms with Gasteiger partial charge in [0.15, 0.2) is 0 Å². The third kappa shape index (κ3) is 2.41. The van der Waals surface area contributed by atoms with E-state index in [9.17, 15) is 20.1 Å². The van der Waals surface area contributed by atoms with E-state index in [2.05, 4.69) is 13.8 Å². The Labute approximate surface area is 185 Å². The van der Waals surface area contributed by atoms with E-state index in [4.69, 9.17) is 4.74 Å². The van der Waals surface area contributed by atoms with Gasteiger partial charge in [-0.3, -0.25) is 4.79 Å². The summed E-state index contributed by atoms with van der Waals surface area (Å²) < 4.78 is 5.17. The number of ether oxygens (including phenoxy) is 1. The lowest BCUT2D eigenvalue weighted by molar-refractivity contribution is -0.237. The van der Waals surface area contributed by atoms with Crippen LogP contribution in [0.15, 0.2) is 0 Å². The maximum absolute atomic E-state index is 12.1. The van der Waals surface area contributed by atoms with E-state index < -0.39 is 11.2 Å². The van der Waals surface area contributed by atoms with Gasteiger partial charge in [-0.1, -0.05) is 13.8 Å². The van der Waals surface area contributed by atoms with Gasteiger partial charge in [-0.25, -0.2) is 0 Å². The zero-order valence-corrected chi connectivity index (χ0v) is 19.3. The predicted molar refractivity (Wildman–Crippen MR) is 115 cm³/mol. The number of carbonyl (C=O) groups is 1. The number of hydrogen-bond donors (Lipinski definition) is 3. The van der Waals surface area contributed by atoms with Crippen molar-refractivity contribution in [3.63, 3.8) is 0 Å². The molecule has 6 rings (SSSR count). The van der Waals surface area contributed by atoms with Gasteiger partial charge in [-0.05, 0) is 104 Å². The van der Waals surface area contributed by atoms with Gasteiger partial charge in [0.1, 0.15) is 0 Å². The Bertz CT molecular complexity index is 799. The molecule has 0 bridgehead atoms. The first-order valence-electron chi connectivity index (χ1n) is 12.9. The van der Waals surface area contributed by atoms with Crippen LogP contribution in [0.25, 0.3) is 0 Å². The second-order valence-electron chi connectivity index (χ2n) is 12.6. The molecule has 0 aromatic rings. The van der Waals surface area contributed by atoms with Crippen LogP contribution in [-0.2, 0) is 9.53 Å². The van der Waals surface area contributed by atoms with Crippen LogP contribution in [-0.4, -0.2) is 45.2 Å². The Balaban J connectivity index is 1.31. The molecule has 6 saturated carbocycles. The highest BCUT2D eigenvalue weighted by Gasteiger charge is 2.81. The van der Waals surface area contributed by atoms with Crippen molar-refractivity contribution in [2.24, 2.45) is 52.3 Å². The zero-order valence-electron chi connectivity index (χ0n) is 19.3. The quantitative estimate of drug-likeness (QED) is 0.594. The SMILES string of the molecule is CCOC(=O)CC[C@]1(O)C2C[C@H]2C2C3C4C[C@H]4[C@]4(O)C[C@@H](O)CC[C@]4(C)C3CC[C@@]21C. The van der Waals surface area contributed by atoms with Gasteiger partial charge in [0.25, 0.3) is 0 Å². The second-order valence-corrected chi connectivity index (χ2v) is 12.6. The molecule has 0 aliphatic heterocycles. The molecule has 5 unspecified atom stereocenters. The van der Waals surface area contributed by atoms with Crippen LogP contribution in [0.4, 0.5) is 0 Å². The molecule has 6 aliphatic carbocycles. The molecule has 5 nitrogen and oxygen atoms in total. The van der Waals surface area contributed by atoms with Gasteiger partial charge in [-0.2, -0.15) is 0 Å². The van der Waals surface area contributed by atoms with E-state index in [0.717, 1.165) is 38.5 Å². The van der Waals surface area contributed by atoms with Gasteiger partial charge in [-0.15, -0.1) is 0 Å². The van der Waals surface area contributed by atoms with Crippen LogP contribution in [0.3, 0.4) is 0 Å². The van der Waals surface area contributed by atoms with Crippen molar-refractivity contribution in [1.82, 2.24) is 0 Å². The highest BCUT2D eigenvalue weighted by atomic mass is 16.5. The van der Waals surface area contributed by atoms with Crippen LogP contribution >= 0.6 is 0 Å². The lowest BCUT2D eigenvalue weighted by Gasteiger charge is -2.64. The van der Waals surface area contributed by atoms with Crippen LogP contribution in [0.2, 0.25) is 0 Å². The van der Waals surface area contributed by atoms with E-state index in [1.54, 1.807) is 0 Å². The summed E-state index contributed by atoms with van der Waals surface area (Å²) in [6.07, 6.45) is 6.96. The summed E-state index contributed by atoms with van der Waals surface area (Å²) in [5.41, 5.74) is -1.73. The summed E-state index contributed by atoms with van der Waals surface area (Å²) in [5.74, 6) is 3.16. The largest absolute Gasteiger partial charge is 0.466 e. The Hall–Kier alpha value is -0.650. The molecular weight excluding hydrogens is 392 g/mol. The average molecular weight is 433 g/mol. The molecule has 0 saturated heterocycles. The van der Waals surface area contributed by atoms with Crippen LogP contribution in [0.5, 0.6) is 0 Å². The lowest BCUT2D eigenvalue weighted by Crippen LogP contribution is -2.65. The number of hydrogen-bond acceptors (Lipinski definition) is 5. The Kier molecular flexibility index (Phi) is 4.23. The third-order valence-corrected chi connectivity index (χ3v) is 11.8. The number of fused-ring (bicyclic) bond motifs is 10. The normalized spacial score (nSPS) is 60.7. The highest BCUT2D eigenvalue weighted by Crippen LogP contribution is 2.82. The summed E-state index contributed by atoms with van der Waals surface area (Å²) in [7, 11) is 0. The van der Waals surface area contributed by atoms with Crippen LogP contribution in [0, 0.1) is 52.3 Å². The van der Waals surface area contributed by atoms with Crippen molar-refractivity contribution in [1.29, 1.82) is 0 Å². The van der Waals surface area contributed by atoms with E-state index in [0.29, 0.717) is 67.3 Å². The molecule has 174 valence electrons. The molecule has 0 spiro atoms. The molecule has 6 fully saturated rings. The van der Waals surface area contributed by atoms with Crippen LogP contribution in [0.1, 0.15) is 78.6 Å². The lowest BCUT2D eigenvalue weighted by atomic mass is 9.42. The van der Waals surface area contributed by atoms with Crippen molar-refractivity contribution in [3.05, 3.63) is 0 Å². The minimum absolute atomic E-state index is 0.119. The van der Waals surface area contributed by atoms with E-state index >= 15 is 0 Å². The van der Waals surface area contributed by atoms with Crippen molar-refractivity contribution in [2.45, 2.75) is 95.9 Å². The fourth-order valence-corrected chi connectivity index (χ4v) is 10.3. The standard InChI is InChI=1S/C26H40O5/c1-4-31-20(28)7-10-25(29)19-12-16(19)22-21-15-11-18(15)26(30)13-14(27)5-8-23(26,2)17(21)6-9-24(22,25)3/h14-19,21-22,27,29-30H,4-13H2,1-3H3/t14-,15?,16+,17?,18+,19?,21?,22?,23+,24-,25-,26+/m0/s1. The number of carbonyl (C=O) groups excluding carboxylic acids is 1. The molecule has 0 aromatic carbocycles. The van der Waals surface area contributed by atoms with Gasteiger partial charge in [0.05, 0.1) is 23.9 Å². The Morgan fingerprint density at radius 2 is 1.71 bits per heavy atom. The summed E-state index contributed by atoms with van der Waals surface area (Å²) in [5, 5.41) is 34.3. The van der Waals surface area contributed by atoms with E-state index in [1.807, 2.05) is 6.92 Å². The van der Waals surface area contributed by atoms with Crippen molar-refractivity contribution < 1.29 is 24.9 Å². The van der Waals surface area contributed by atoms with Gasteiger partial charge >= 0.3 is 5.97 Å². The molecule has 31 heavy (non-hydrogen) atoms. The smallest absolute Gasteiger partial charge is 0.305 e. The third-order valence-electron chi connectivity index (χ3n) is 11.8. The fourth-order valence-electron chi connectivity index (χ4n) is 10.3. The molecule has 3 N–H and O–H groups in total. The molecule has 0 aromatic heterocycles. The summed E-state index contributed by atoms with van der Waals surface area (Å²) in [4.78, 5) is 12.1. The first kappa shape index (κ1) is 20.9. The highest BCUT2D eigenvalue weighted by molar-refractivity contribution is 5.69. The number of aliphatic hydroxyl groups excluding tert-OH is 1. The maximum Gasteiger partial charge on any atom is 0.305 e. The summed E-state index contributed by atoms with van der Waals surface area (Å²) >= 11 is 0. The maximum atomic E-state index is 12.1. The molecule has 0 heterocycles. The van der Waals surface area contributed by atoms with E-state index in [1.165, 1.54) is 0 Å². The number of aliphatic hydroxyl groups is 3. The van der Waals surface area contributed by atoms with Crippen molar-refractivity contribution in [3.8, 4) is 0 Å². The second kappa shape index (κ2) is 6.27. The number of esters is 1. The Morgan fingerprint density at radius 3 is 2.45 bits per heavy atom. The number of rotatable bonds is 4. The first-order chi connectivity index (χ1) is 14.6. The minimum atomic E-state index is -0.762. The van der Waals surface area contributed by atoms with Crippen molar-refractivity contribution in [2.75, 3.05) is 6.61 Å². The molecule has 12 atom stereocenters. The molecule has 0 amide bonds.